The van der Waals surface area contributed by atoms with E-state index in [1.165, 1.54) is 0 Å². The number of carbonyl (C=O) groups excluding carboxylic acids is 3. The van der Waals surface area contributed by atoms with Gasteiger partial charge < -0.3 is 24.9 Å². The molecule has 1 aromatic heterocycles. The van der Waals surface area contributed by atoms with Crippen molar-refractivity contribution in [1.82, 2.24) is 4.57 Å². The summed E-state index contributed by atoms with van der Waals surface area (Å²) in [6.07, 6.45) is 0. The summed E-state index contributed by atoms with van der Waals surface area (Å²) in [6.45, 7) is 1.45. The summed E-state index contributed by atoms with van der Waals surface area (Å²) in [6, 6.07) is 23.0. The van der Waals surface area contributed by atoms with Gasteiger partial charge >= 0.3 is 29.6 Å². The maximum absolute atomic E-state index is 12.7. The second-order valence-corrected chi connectivity index (χ2v) is 7.62. The van der Waals surface area contributed by atoms with Gasteiger partial charge in [0.15, 0.2) is 0 Å². The van der Waals surface area contributed by atoms with Gasteiger partial charge in [0, 0.05) is 12.2 Å². The van der Waals surface area contributed by atoms with Gasteiger partial charge in [-0.05, 0) is 41.8 Å². The number of hydrogen-bond donors (Lipinski definition) is 1. The van der Waals surface area contributed by atoms with Crippen molar-refractivity contribution >= 4 is 28.6 Å². The molecule has 0 aliphatic rings. The predicted octanol–water partition coefficient (Wildman–Crippen LogP) is -0.534. The second-order valence-electron chi connectivity index (χ2n) is 7.62. The summed E-state index contributed by atoms with van der Waals surface area (Å²) in [5.41, 5.74) is 9.67. The molecule has 0 aliphatic carbocycles. The zero-order valence-corrected chi connectivity index (χ0v) is 20.9. The number of aliphatic carboxylic acids is 1. The van der Waals surface area contributed by atoms with Gasteiger partial charge in [-0.25, -0.2) is 0 Å². The summed E-state index contributed by atoms with van der Waals surface area (Å²) in [5, 5.41) is 11.3. The second kappa shape index (κ2) is 10.7. The molecule has 1 heterocycles. The van der Waals surface area contributed by atoms with Crippen molar-refractivity contribution in [3.8, 4) is 16.9 Å². The van der Waals surface area contributed by atoms with E-state index in [9.17, 15) is 19.5 Å². The average molecular weight is 464 g/mol. The van der Waals surface area contributed by atoms with Crippen LogP contribution in [0.3, 0.4) is 0 Å². The van der Waals surface area contributed by atoms with Crippen LogP contribution < -0.4 is 45.1 Å². The fourth-order valence-corrected chi connectivity index (χ4v) is 4.02. The number of carbonyl (C=O) groups is 3. The molecule has 0 aliphatic heterocycles. The molecule has 1 amide bonds. The number of hydrogen-bond acceptors (Lipinski definition) is 5. The van der Waals surface area contributed by atoms with Crippen LogP contribution in [0.4, 0.5) is 0 Å². The van der Waals surface area contributed by atoms with E-state index in [0.29, 0.717) is 23.1 Å². The van der Waals surface area contributed by atoms with Gasteiger partial charge in [-0.2, -0.15) is 0 Å². The maximum atomic E-state index is 12.7. The fraction of sp³-hybridized carbons (Fsp3) is 0.115. The van der Waals surface area contributed by atoms with Gasteiger partial charge in [-0.1, -0.05) is 54.6 Å². The Balaban J connectivity index is 0.00000324. The molecule has 3 aromatic carbocycles. The minimum absolute atomic E-state index is 0. The Kier molecular flexibility index (Phi) is 7.94. The van der Waals surface area contributed by atoms with E-state index >= 15 is 0 Å². The van der Waals surface area contributed by atoms with Crippen LogP contribution in [0.5, 0.6) is 5.75 Å². The number of amides is 1. The monoisotopic (exact) mass is 464 g/mol. The van der Waals surface area contributed by atoms with Crippen LogP contribution in [0.15, 0.2) is 72.8 Å². The van der Waals surface area contributed by atoms with Crippen LogP contribution in [-0.2, 0) is 16.1 Å². The number of carboxylic acid groups (broad SMARTS) is 1. The first-order chi connectivity index (χ1) is 15.9. The minimum atomic E-state index is -1.40. The predicted molar refractivity (Wildman–Crippen MR) is 122 cm³/mol. The number of ketones is 1. The molecule has 166 valence electrons. The third-order valence-corrected chi connectivity index (χ3v) is 5.48. The number of Topliss-reactive ketones (excluding diaryl/α,β-unsaturated/α-hetero) is 1. The number of ether oxygens (including phenoxy) is 1. The summed E-state index contributed by atoms with van der Waals surface area (Å²) in [7, 11) is 0. The van der Waals surface area contributed by atoms with Gasteiger partial charge in [0.2, 0.25) is 0 Å². The molecule has 4 rings (SSSR count). The molecule has 0 fully saturated rings. The zero-order chi connectivity index (χ0) is 23.5. The van der Waals surface area contributed by atoms with E-state index in [1.807, 2.05) is 53.1 Å². The third kappa shape index (κ3) is 5.07. The zero-order valence-electron chi connectivity index (χ0n) is 18.9. The molecule has 4 aromatic rings. The number of nitrogens with two attached hydrogens (primary N) is 1. The number of benzene rings is 3. The molecular weight excluding hydrogens is 443 g/mol. The molecule has 0 saturated heterocycles. The molecule has 0 spiro atoms. The van der Waals surface area contributed by atoms with Crippen molar-refractivity contribution in [3.63, 3.8) is 0 Å². The van der Waals surface area contributed by atoms with Crippen LogP contribution in [0, 0.1) is 6.92 Å². The van der Waals surface area contributed by atoms with Crippen molar-refractivity contribution in [1.29, 1.82) is 0 Å². The molecule has 0 atom stereocenters. The van der Waals surface area contributed by atoms with Gasteiger partial charge in [0.1, 0.15) is 12.4 Å². The summed E-state index contributed by atoms with van der Waals surface area (Å²) < 4.78 is 7.26. The fourth-order valence-electron chi connectivity index (χ4n) is 4.02. The Labute approximate surface area is 218 Å². The molecule has 8 heteroatoms. The molecule has 34 heavy (non-hydrogen) atoms. The van der Waals surface area contributed by atoms with Crippen molar-refractivity contribution in [2.75, 3.05) is 6.61 Å². The number of aromatic nitrogens is 1. The van der Waals surface area contributed by atoms with Gasteiger partial charge in [-0.3, -0.25) is 9.59 Å². The van der Waals surface area contributed by atoms with E-state index in [4.69, 9.17) is 10.5 Å². The molecule has 0 radical (unpaired) electrons. The van der Waals surface area contributed by atoms with Crippen LogP contribution in [0.25, 0.3) is 22.0 Å². The molecular formula is C26H21N2NaO5. The Bertz CT molecular complexity index is 1380. The van der Waals surface area contributed by atoms with E-state index in [2.05, 4.69) is 6.07 Å². The quantitative estimate of drug-likeness (QED) is 0.214. The molecule has 2 N–H and O–H groups in total. The van der Waals surface area contributed by atoms with Crippen molar-refractivity contribution in [2.24, 2.45) is 5.73 Å². The Morgan fingerprint density at radius 3 is 2.29 bits per heavy atom. The maximum Gasteiger partial charge on any atom is 1.00 e. The first-order valence-electron chi connectivity index (χ1n) is 10.3. The Morgan fingerprint density at radius 1 is 0.941 bits per heavy atom. The summed E-state index contributed by atoms with van der Waals surface area (Å²) in [4.78, 5) is 35.4. The van der Waals surface area contributed by atoms with E-state index in [-0.39, 0.29) is 40.9 Å². The summed E-state index contributed by atoms with van der Waals surface area (Å²) in [5.74, 6) is -3.19. The van der Waals surface area contributed by atoms with Crippen LogP contribution in [0.2, 0.25) is 0 Å². The van der Waals surface area contributed by atoms with Crippen LogP contribution >= 0.6 is 0 Å². The van der Waals surface area contributed by atoms with Crippen LogP contribution in [-0.4, -0.2) is 28.8 Å². The van der Waals surface area contributed by atoms with E-state index < -0.39 is 24.3 Å². The minimum Gasteiger partial charge on any atom is -0.546 e. The normalized spacial score (nSPS) is 10.5. The first-order valence-corrected chi connectivity index (χ1v) is 10.3. The van der Waals surface area contributed by atoms with Crippen molar-refractivity contribution in [2.45, 2.75) is 13.5 Å². The largest absolute Gasteiger partial charge is 1.00 e. The Hall–Kier alpha value is -3.39. The SMILES string of the molecule is Cc1c(C(=O)C(N)=O)c2c(OCC(=O)[O-])cccc2n1Cc1cccc(-c2ccccc2)c1.[Na+]. The van der Waals surface area contributed by atoms with Gasteiger partial charge in [0.05, 0.1) is 22.4 Å². The number of carboxylic acids is 1. The standard InChI is InChI=1S/C26H22N2O5.Na/c1-16-23(25(31)26(27)32)24-20(11-6-12-21(24)33-15-22(29)30)28(16)14-17-7-5-10-19(13-17)18-8-3-2-4-9-18;/h2-13H,14-15H2,1H3,(H2,27,32)(H,29,30);/q;+1/p-1. The molecule has 7 nitrogen and oxygen atoms in total. The van der Waals surface area contributed by atoms with E-state index in [1.54, 1.807) is 25.1 Å². The van der Waals surface area contributed by atoms with Crippen molar-refractivity contribution in [3.05, 3.63) is 89.6 Å². The van der Waals surface area contributed by atoms with Crippen LogP contribution in [0.1, 0.15) is 21.6 Å². The number of primary amides is 1. The van der Waals surface area contributed by atoms with E-state index in [0.717, 1.165) is 16.7 Å². The number of nitrogens with zero attached hydrogens (tertiary/aromatic N) is 1. The molecule has 0 unspecified atom stereocenters. The molecule has 0 bridgehead atoms. The topological polar surface area (TPSA) is 114 Å². The van der Waals surface area contributed by atoms with Crippen molar-refractivity contribution < 1.29 is 53.8 Å². The van der Waals surface area contributed by atoms with Gasteiger partial charge in [-0.15, -0.1) is 0 Å². The third-order valence-electron chi connectivity index (χ3n) is 5.48. The summed E-state index contributed by atoms with van der Waals surface area (Å²) >= 11 is 0. The van der Waals surface area contributed by atoms with Gasteiger partial charge in [0.25, 0.3) is 11.7 Å². The smallest absolute Gasteiger partial charge is 0.546 e. The number of fused-ring (bicyclic) bond motifs is 1. The Morgan fingerprint density at radius 2 is 1.62 bits per heavy atom. The number of rotatable bonds is 8. The first kappa shape index (κ1) is 25.2. The average Bonchev–Trinajstić information content (AvgIpc) is 3.09. The molecule has 0 saturated carbocycles.